The lowest BCUT2D eigenvalue weighted by atomic mass is 9.99. The van der Waals surface area contributed by atoms with Crippen molar-refractivity contribution in [2.75, 3.05) is 6.54 Å². The normalized spacial score (nSPS) is 19.7. The van der Waals surface area contributed by atoms with Crippen LogP contribution in [0.3, 0.4) is 0 Å². The molecule has 5 heteroatoms. The molecule has 3 aromatic rings. The van der Waals surface area contributed by atoms with E-state index in [9.17, 15) is 4.79 Å². The second-order valence-electron chi connectivity index (χ2n) is 5.81. The third kappa shape index (κ3) is 2.37. The number of likely N-dealkylation sites (tertiary alicyclic amines) is 1. The number of oxazole rings is 1. The molecule has 0 saturated carbocycles. The smallest absolute Gasteiger partial charge is 0.417 e. The Hall–Kier alpha value is -2.27. The highest BCUT2D eigenvalue weighted by molar-refractivity contribution is 5.75. The zero-order valence-electron chi connectivity index (χ0n) is 12.2. The van der Waals surface area contributed by atoms with E-state index < -0.39 is 5.76 Å². The van der Waals surface area contributed by atoms with Gasteiger partial charge in [0.2, 0.25) is 0 Å². The number of hydrogen-bond acceptors (Lipinski definition) is 4. The molecule has 0 radical (unpaired) electrons. The molecule has 1 unspecified atom stereocenters. The van der Waals surface area contributed by atoms with Crippen molar-refractivity contribution < 1.29 is 8.83 Å². The average Bonchev–Trinajstić information content (AvgIpc) is 3.17. The van der Waals surface area contributed by atoms with Gasteiger partial charge in [-0.05, 0) is 37.6 Å². The molecule has 1 fully saturated rings. The topological polar surface area (TPSA) is 62.4 Å². The molecule has 5 nitrogen and oxygen atoms in total. The fraction of sp³-hybridized carbons (Fsp3) is 0.353. The second kappa shape index (κ2) is 5.50. The number of furan rings is 1. The van der Waals surface area contributed by atoms with Gasteiger partial charge < -0.3 is 8.83 Å². The molecule has 22 heavy (non-hydrogen) atoms. The fourth-order valence-electron chi connectivity index (χ4n) is 3.36. The average molecular weight is 298 g/mol. The third-order valence-electron chi connectivity index (χ3n) is 4.39. The van der Waals surface area contributed by atoms with Crippen LogP contribution in [0.25, 0.3) is 11.1 Å². The predicted molar refractivity (Wildman–Crippen MR) is 82.5 cm³/mol. The fourth-order valence-corrected chi connectivity index (χ4v) is 3.36. The number of rotatable bonds is 3. The predicted octanol–water partition coefficient (Wildman–Crippen LogP) is 3.44. The van der Waals surface area contributed by atoms with Crippen LogP contribution >= 0.6 is 0 Å². The van der Waals surface area contributed by atoms with Crippen LogP contribution in [0.15, 0.2) is 50.2 Å². The third-order valence-corrected chi connectivity index (χ3v) is 4.39. The van der Waals surface area contributed by atoms with E-state index in [1.807, 2.05) is 30.3 Å². The number of aromatic amines is 1. The van der Waals surface area contributed by atoms with Crippen molar-refractivity contribution in [3.05, 3.63) is 58.5 Å². The van der Waals surface area contributed by atoms with E-state index in [1.165, 1.54) is 12.8 Å². The van der Waals surface area contributed by atoms with Gasteiger partial charge in [-0.3, -0.25) is 9.88 Å². The van der Waals surface area contributed by atoms with Crippen LogP contribution < -0.4 is 5.76 Å². The summed E-state index contributed by atoms with van der Waals surface area (Å²) in [5.41, 5.74) is 2.46. The van der Waals surface area contributed by atoms with Crippen molar-refractivity contribution in [3.8, 4) is 0 Å². The van der Waals surface area contributed by atoms with Crippen LogP contribution in [0, 0.1) is 0 Å². The van der Waals surface area contributed by atoms with E-state index >= 15 is 0 Å². The minimum absolute atomic E-state index is 0.296. The van der Waals surface area contributed by atoms with Crippen molar-refractivity contribution >= 4 is 11.1 Å². The number of H-pyrrole nitrogens is 1. The molecule has 114 valence electrons. The first-order chi connectivity index (χ1) is 10.8. The summed E-state index contributed by atoms with van der Waals surface area (Å²) in [6.07, 6.45) is 5.23. The SMILES string of the molecule is O=c1[nH]c2cccc(CN3CCCCC3c3ccco3)c2o1. The van der Waals surface area contributed by atoms with Gasteiger partial charge in [0.1, 0.15) is 5.76 Å². The Morgan fingerprint density at radius 3 is 3.05 bits per heavy atom. The summed E-state index contributed by atoms with van der Waals surface area (Å²) in [5, 5.41) is 0. The molecule has 4 rings (SSSR count). The molecule has 1 aromatic carbocycles. The van der Waals surface area contributed by atoms with Crippen molar-refractivity contribution in [1.82, 2.24) is 9.88 Å². The second-order valence-corrected chi connectivity index (χ2v) is 5.81. The van der Waals surface area contributed by atoms with E-state index in [2.05, 4.69) is 9.88 Å². The Balaban J connectivity index is 1.66. The molecular formula is C17H18N2O3. The lowest BCUT2D eigenvalue weighted by Gasteiger charge is -2.34. The van der Waals surface area contributed by atoms with Crippen LogP contribution in [0.1, 0.15) is 36.6 Å². The molecule has 2 aromatic heterocycles. The maximum Gasteiger partial charge on any atom is 0.417 e. The van der Waals surface area contributed by atoms with Gasteiger partial charge >= 0.3 is 5.76 Å². The Bertz CT molecular complexity index is 816. The van der Waals surface area contributed by atoms with E-state index in [-0.39, 0.29) is 0 Å². The highest BCUT2D eigenvalue weighted by atomic mass is 16.4. The highest BCUT2D eigenvalue weighted by Gasteiger charge is 2.26. The first-order valence-electron chi connectivity index (χ1n) is 7.69. The molecule has 1 aliphatic rings. The Kier molecular flexibility index (Phi) is 3.35. The molecule has 0 spiro atoms. The molecule has 0 aliphatic carbocycles. The quantitative estimate of drug-likeness (QED) is 0.804. The number of nitrogens with one attached hydrogen (secondary N) is 1. The van der Waals surface area contributed by atoms with Crippen LogP contribution in [0.4, 0.5) is 0 Å². The summed E-state index contributed by atoms with van der Waals surface area (Å²) in [7, 11) is 0. The van der Waals surface area contributed by atoms with Crippen LogP contribution in [0.5, 0.6) is 0 Å². The molecule has 1 saturated heterocycles. The number of para-hydroxylation sites is 1. The Morgan fingerprint density at radius 1 is 1.23 bits per heavy atom. The van der Waals surface area contributed by atoms with Crippen molar-refractivity contribution in [1.29, 1.82) is 0 Å². The zero-order chi connectivity index (χ0) is 14.9. The molecule has 1 N–H and O–H groups in total. The molecule has 3 heterocycles. The summed E-state index contributed by atoms with van der Waals surface area (Å²) in [4.78, 5) is 16.6. The number of piperidine rings is 1. The summed E-state index contributed by atoms with van der Waals surface area (Å²) in [6.45, 7) is 1.78. The van der Waals surface area contributed by atoms with Gasteiger partial charge in [-0.2, -0.15) is 0 Å². The molecular weight excluding hydrogens is 280 g/mol. The van der Waals surface area contributed by atoms with Crippen molar-refractivity contribution in [2.24, 2.45) is 0 Å². The van der Waals surface area contributed by atoms with Crippen molar-refractivity contribution in [2.45, 2.75) is 31.8 Å². The monoisotopic (exact) mass is 298 g/mol. The first-order valence-corrected chi connectivity index (χ1v) is 7.69. The van der Waals surface area contributed by atoms with Gasteiger partial charge in [0.05, 0.1) is 17.8 Å². The standard InChI is InChI=1S/C17H18N2O3/c20-17-18-13-6-3-5-12(16(13)22-17)11-19-9-2-1-7-14(19)15-8-4-10-21-15/h3-6,8,10,14H,1-2,7,9,11H2,(H,18,20). The highest BCUT2D eigenvalue weighted by Crippen LogP contribution is 2.33. The lowest BCUT2D eigenvalue weighted by Crippen LogP contribution is -2.32. The minimum Gasteiger partial charge on any atom is -0.468 e. The minimum atomic E-state index is -0.399. The summed E-state index contributed by atoms with van der Waals surface area (Å²) in [6, 6.07) is 10.1. The zero-order valence-corrected chi connectivity index (χ0v) is 12.2. The van der Waals surface area contributed by atoms with Crippen LogP contribution in [-0.2, 0) is 6.54 Å². The van der Waals surface area contributed by atoms with Gasteiger partial charge in [0.15, 0.2) is 5.58 Å². The van der Waals surface area contributed by atoms with Crippen LogP contribution in [0.2, 0.25) is 0 Å². The molecule has 0 amide bonds. The van der Waals surface area contributed by atoms with E-state index in [1.54, 1.807) is 6.26 Å². The van der Waals surface area contributed by atoms with E-state index in [4.69, 9.17) is 8.83 Å². The number of aromatic nitrogens is 1. The summed E-state index contributed by atoms with van der Waals surface area (Å²) >= 11 is 0. The first kappa shape index (κ1) is 13.4. The Morgan fingerprint density at radius 2 is 2.18 bits per heavy atom. The number of fused-ring (bicyclic) bond motifs is 1. The largest absolute Gasteiger partial charge is 0.468 e. The van der Waals surface area contributed by atoms with Crippen molar-refractivity contribution in [3.63, 3.8) is 0 Å². The number of benzene rings is 1. The van der Waals surface area contributed by atoms with E-state index in [0.29, 0.717) is 11.6 Å². The number of hydrogen-bond donors (Lipinski definition) is 1. The van der Waals surface area contributed by atoms with Gasteiger partial charge in [-0.1, -0.05) is 18.6 Å². The van der Waals surface area contributed by atoms with Crippen LogP contribution in [-0.4, -0.2) is 16.4 Å². The Labute approximate surface area is 127 Å². The maximum absolute atomic E-state index is 11.4. The van der Waals surface area contributed by atoms with Gasteiger partial charge in [-0.25, -0.2) is 4.79 Å². The lowest BCUT2D eigenvalue weighted by molar-refractivity contribution is 0.122. The maximum atomic E-state index is 11.4. The molecule has 0 bridgehead atoms. The molecule has 1 aliphatic heterocycles. The van der Waals surface area contributed by atoms with Gasteiger partial charge in [0.25, 0.3) is 0 Å². The van der Waals surface area contributed by atoms with Gasteiger partial charge in [0, 0.05) is 12.1 Å². The van der Waals surface area contributed by atoms with Gasteiger partial charge in [-0.15, -0.1) is 0 Å². The summed E-state index contributed by atoms with van der Waals surface area (Å²) < 4.78 is 10.9. The number of nitrogens with zero attached hydrogens (tertiary/aromatic N) is 1. The van der Waals surface area contributed by atoms with E-state index in [0.717, 1.165) is 36.4 Å². The molecule has 1 atom stereocenters. The summed E-state index contributed by atoms with van der Waals surface area (Å²) in [5.74, 6) is 0.617.